The quantitative estimate of drug-likeness (QED) is 0.860. The number of carboxylic acid groups (broad SMARTS) is 1. The van der Waals surface area contributed by atoms with Crippen LogP contribution in [0.15, 0.2) is 54.6 Å². The molecule has 0 fully saturated rings. The van der Waals surface area contributed by atoms with Crippen LogP contribution >= 0.6 is 8.03 Å². The van der Waals surface area contributed by atoms with Crippen molar-refractivity contribution < 1.29 is 19.0 Å². The summed E-state index contributed by atoms with van der Waals surface area (Å²) in [6.45, 7) is 0. The topological polar surface area (TPSA) is 63.6 Å². The summed E-state index contributed by atoms with van der Waals surface area (Å²) in [5.74, 6) is -0.548. The normalized spacial score (nSPS) is 11.8. The van der Waals surface area contributed by atoms with Crippen molar-refractivity contribution in [3.05, 3.63) is 60.2 Å². The number of hydrogen-bond acceptors (Lipinski definition) is 3. The second kappa shape index (κ2) is 5.52. The number of hydrogen-bond donors (Lipinski definition) is 1. The monoisotopic (exact) mass is 262 g/mol. The lowest BCUT2D eigenvalue weighted by molar-refractivity contribution is 0.0697. The highest BCUT2D eigenvalue weighted by Crippen LogP contribution is 2.26. The van der Waals surface area contributed by atoms with Crippen molar-refractivity contribution in [3.8, 4) is 5.75 Å². The van der Waals surface area contributed by atoms with E-state index >= 15 is 0 Å². The molecule has 0 radical (unpaired) electrons. The molecular weight excluding hydrogens is 251 g/mol. The average Bonchev–Trinajstić information content (AvgIpc) is 2.40. The van der Waals surface area contributed by atoms with Gasteiger partial charge in [0.1, 0.15) is 5.75 Å². The predicted octanol–water partition coefficient (Wildman–Crippen LogP) is 2.56. The third-order valence-corrected chi connectivity index (χ3v) is 3.50. The molecule has 92 valence electrons. The number of rotatable bonds is 4. The van der Waals surface area contributed by atoms with Gasteiger partial charge in [0.2, 0.25) is 0 Å². The summed E-state index contributed by atoms with van der Waals surface area (Å²) in [5, 5.41) is 9.24. The lowest BCUT2D eigenvalue weighted by atomic mass is 10.2. The molecule has 2 aromatic rings. The molecule has 4 nitrogen and oxygen atoms in total. The molecule has 1 unspecified atom stereocenters. The van der Waals surface area contributed by atoms with Gasteiger partial charge >= 0.3 is 5.97 Å². The maximum absolute atomic E-state index is 12.0. The fourth-order valence-corrected chi connectivity index (χ4v) is 2.41. The molecule has 0 aliphatic carbocycles. The van der Waals surface area contributed by atoms with E-state index in [0.717, 1.165) is 0 Å². The highest BCUT2D eigenvalue weighted by molar-refractivity contribution is 7.48. The third-order valence-electron chi connectivity index (χ3n) is 2.30. The Balaban J connectivity index is 2.19. The summed E-state index contributed by atoms with van der Waals surface area (Å²) >= 11 is 0. The van der Waals surface area contributed by atoms with Crippen LogP contribution in [0.1, 0.15) is 10.4 Å². The van der Waals surface area contributed by atoms with E-state index in [-0.39, 0.29) is 5.56 Å². The molecule has 2 aromatic carbocycles. The van der Waals surface area contributed by atoms with Crippen LogP contribution in [-0.2, 0) is 4.57 Å². The Morgan fingerprint density at radius 3 is 2.44 bits per heavy atom. The van der Waals surface area contributed by atoms with Crippen LogP contribution in [0.25, 0.3) is 0 Å². The van der Waals surface area contributed by atoms with Crippen LogP contribution < -0.4 is 9.83 Å². The van der Waals surface area contributed by atoms with Crippen LogP contribution in [0, 0.1) is 0 Å². The van der Waals surface area contributed by atoms with Crippen molar-refractivity contribution in [3.63, 3.8) is 0 Å². The highest BCUT2D eigenvalue weighted by Gasteiger charge is 2.09. The number of benzene rings is 2. The smallest absolute Gasteiger partial charge is 0.335 e. The van der Waals surface area contributed by atoms with Crippen LogP contribution in [0.5, 0.6) is 5.75 Å². The second-order valence-electron chi connectivity index (χ2n) is 3.59. The van der Waals surface area contributed by atoms with Gasteiger partial charge in [-0.3, -0.25) is 4.57 Å². The van der Waals surface area contributed by atoms with Gasteiger partial charge in [0, 0.05) is 5.30 Å². The molecule has 0 saturated heterocycles. The van der Waals surface area contributed by atoms with Crippen molar-refractivity contribution in [1.29, 1.82) is 0 Å². The van der Waals surface area contributed by atoms with Crippen molar-refractivity contribution in [1.82, 2.24) is 0 Å². The Kier molecular flexibility index (Phi) is 3.80. The number of carbonyl (C=O) groups is 1. The highest BCUT2D eigenvalue weighted by atomic mass is 31.1. The van der Waals surface area contributed by atoms with Gasteiger partial charge in [-0.25, -0.2) is 4.79 Å². The summed E-state index contributed by atoms with van der Waals surface area (Å²) < 4.78 is 17.2. The van der Waals surface area contributed by atoms with Crippen LogP contribution in [0.2, 0.25) is 0 Å². The molecule has 0 heterocycles. The molecule has 0 aromatic heterocycles. The molecule has 5 heteroatoms. The molecular formula is C13H11O4P. The zero-order valence-electron chi connectivity index (χ0n) is 9.37. The van der Waals surface area contributed by atoms with Gasteiger partial charge in [0.25, 0.3) is 8.03 Å². The summed E-state index contributed by atoms with van der Waals surface area (Å²) in [7, 11) is -2.49. The lowest BCUT2D eigenvalue weighted by Gasteiger charge is -2.06. The molecule has 1 N–H and O–H groups in total. The fraction of sp³-hybridized carbons (Fsp3) is 0. The Hall–Kier alpha value is -2.06. The van der Waals surface area contributed by atoms with E-state index in [1.165, 1.54) is 12.1 Å². The zero-order valence-corrected chi connectivity index (χ0v) is 10.4. The van der Waals surface area contributed by atoms with E-state index in [2.05, 4.69) is 0 Å². The summed E-state index contributed by atoms with van der Waals surface area (Å²) in [4.78, 5) is 10.8. The van der Waals surface area contributed by atoms with Crippen molar-refractivity contribution in [2.45, 2.75) is 0 Å². The maximum atomic E-state index is 12.0. The Bertz CT molecular complexity index is 581. The summed E-state index contributed by atoms with van der Waals surface area (Å²) in [5.41, 5.74) is 0.0995. The van der Waals surface area contributed by atoms with Crippen molar-refractivity contribution >= 4 is 19.3 Å². The maximum Gasteiger partial charge on any atom is 0.335 e. The minimum atomic E-state index is -2.49. The van der Waals surface area contributed by atoms with Crippen molar-refractivity contribution in [2.24, 2.45) is 0 Å². The number of para-hydroxylation sites is 1. The SMILES string of the molecule is O=C(O)c1cccc([PH](=O)Oc2ccccc2)c1. The average molecular weight is 262 g/mol. The van der Waals surface area contributed by atoms with E-state index in [1.807, 2.05) is 6.07 Å². The van der Waals surface area contributed by atoms with Gasteiger partial charge in [-0.05, 0) is 30.3 Å². The first-order valence-corrected chi connectivity index (χ1v) is 6.59. The minimum absolute atomic E-state index is 0.0995. The molecule has 2 rings (SSSR count). The Morgan fingerprint density at radius 1 is 1.06 bits per heavy atom. The lowest BCUT2D eigenvalue weighted by Crippen LogP contribution is -2.05. The van der Waals surface area contributed by atoms with Gasteiger partial charge in [-0.2, -0.15) is 0 Å². The number of aromatic carboxylic acids is 1. The fourth-order valence-electron chi connectivity index (χ4n) is 1.43. The van der Waals surface area contributed by atoms with Gasteiger partial charge in [-0.1, -0.05) is 24.3 Å². The standard InChI is InChI=1S/C13H11O4P/c14-13(15)10-5-4-8-12(9-10)18(16)17-11-6-2-1-3-7-11/h1-9,18H,(H,14,15). The first kappa shape index (κ1) is 12.4. The van der Waals surface area contributed by atoms with E-state index in [1.54, 1.807) is 36.4 Å². The molecule has 1 atom stereocenters. The Morgan fingerprint density at radius 2 is 1.78 bits per heavy atom. The summed E-state index contributed by atoms with van der Waals surface area (Å²) in [6.07, 6.45) is 0. The number of carboxylic acids is 1. The third kappa shape index (κ3) is 2.99. The first-order valence-electron chi connectivity index (χ1n) is 5.27. The first-order chi connectivity index (χ1) is 8.66. The van der Waals surface area contributed by atoms with Crippen LogP contribution in [0.3, 0.4) is 0 Å². The van der Waals surface area contributed by atoms with E-state index in [4.69, 9.17) is 9.63 Å². The van der Waals surface area contributed by atoms with Crippen molar-refractivity contribution in [2.75, 3.05) is 0 Å². The van der Waals surface area contributed by atoms with E-state index < -0.39 is 14.0 Å². The minimum Gasteiger partial charge on any atom is -0.478 e. The molecule has 0 bridgehead atoms. The molecule has 0 aliphatic rings. The predicted molar refractivity (Wildman–Crippen MR) is 69.1 cm³/mol. The van der Waals surface area contributed by atoms with Crippen LogP contribution in [0.4, 0.5) is 0 Å². The molecule has 18 heavy (non-hydrogen) atoms. The zero-order chi connectivity index (χ0) is 13.0. The molecule has 0 amide bonds. The molecule has 0 saturated carbocycles. The molecule has 0 aliphatic heterocycles. The van der Waals surface area contributed by atoms with Gasteiger partial charge < -0.3 is 9.63 Å². The van der Waals surface area contributed by atoms with Gasteiger partial charge in [-0.15, -0.1) is 0 Å². The van der Waals surface area contributed by atoms with Crippen LogP contribution in [-0.4, -0.2) is 11.1 Å². The van der Waals surface area contributed by atoms with Gasteiger partial charge in [0.15, 0.2) is 0 Å². The largest absolute Gasteiger partial charge is 0.478 e. The van der Waals surface area contributed by atoms with E-state index in [9.17, 15) is 9.36 Å². The van der Waals surface area contributed by atoms with Gasteiger partial charge in [0.05, 0.1) is 5.56 Å². The van der Waals surface area contributed by atoms with E-state index in [0.29, 0.717) is 11.1 Å². The summed E-state index contributed by atoms with van der Waals surface area (Å²) in [6, 6.07) is 14.7. The molecule has 0 spiro atoms. The Labute approximate surface area is 105 Å². The second-order valence-corrected chi connectivity index (χ2v) is 4.94.